The minimum Gasteiger partial charge on any atom is -0.258 e. The van der Waals surface area contributed by atoms with E-state index in [9.17, 15) is 10.1 Å². The number of nitriles is 1. The maximum absolute atomic E-state index is 10.8. The van der Waals surface area contributed by atoms with E-state index in [1.807, 2.05) is 13.0 Å². The molecule has 0 unspecified atom stereocenters. The average molecular weight is 251 g/mol. The number of rotatable bonds is 4. The van der Waals surface area contributed by atoms with Crippen LogP contribution in [0.25, 0.3) is 5.03 Å². The number of hydrogen-bond acceptors (Lipinski definition) is 3. The van der Waals surface area contributed by atoms with Crippen LogP contribution in [0.15, 0.2) is 29.8 Å². The summed E-state index contributed by atoms with van der Waals surface area (Å²) in [6.45, 7) is 1.92. The van der Waals surface area contributed by atoms with Crippen LogP contribution in [0, 0.1) is 21.4 Å². The van der Waals surface area contributed by atoms with Crippen molar-refractivity contribution in [1.29, 1.82) is 5.26 Å². The Kier molecular flexibility index (Phi) is 4.68. The molecule has 0 aliphatic rings. The molecule has 0 fully saturated rings. The Morgan fingerprint density at radius 1 is 1.53 bits per heavy atom. The molecule has 0 heterocycles. The van der Waals surface area contributed by atoms with Gasteiger partial charge in [-0.15, -0.1) is 0 Å². The molecule has 0 aromatic heterocycles. The molecular weight excluding hydrogens is 240 g/mol. The highest BCUT2D eigenvalue weighted by Gasteiger charge is 2.17. The lowest BCUT2D eigenvalue weighted by Gasteiger charge is -2.03. The molecule has 88 valence electrons. The van der Waals surface area contributed by atoms with E-state index in [0.717, 1.165) is 6.42 Å². The summed E-state index contributed by atoms with van der Waals surface area (Å²) < 4.78 is 0. The molecule has 0 atom stereocenters. The van der Waals surface area contributed by atoms with Crippen LogP contribution in [0.4, 0.5) is 5.69 Å². The van der Waals surface area contributed by atoms with Crippen LogP contribution in [-0.4, -0.2) is 4.92 Å². The fourth-order valence-corrected chi connectivity index (χ4v) is 1.74. The summed E-state index contributed by atoms with van der Waals surface area (Å²) in [5, 5.41) is 20.0. The van der Waals surface area contributed by atoms with Crippen molar-refractivity contribution in [1.82, 2.24) is 0 Å². The number of hydrogen-bond donors (Lipinski definition) is 0. The highest BCUT2D eigenvalue weighted by atomic mass is 35.5. The van der Waals surface area contributed by atoms with E-state index in [-0.39, 0.29) is 10.7 Å². The first-order valence-electron chi connectivity index (χ1n) is 5.14. The third kappa shape index (κ3) is 3.05. The Hall–Kier alpha value is -1.86. The highest BCUT2D eigenvalue weighted by molar-refractivity contribution is 6.50. The van der Waals surface area contributed by atoms with Crippen molar-refractivity contribution in [2.45, 2.75) is 19.8 Å². The zero-order chi connectivity index (χ0) is 12.8. The first-order valence-corrected chi connectivity index (χ1v) is 5.52. The zero-order valence-corrected chi connectivity index (χ0v) is 10.1. The number of benzene rings is 1. The molecule has 1 aromatic carbocycles. The second-order valence-corrected chi connectivity index (χ2v) is 3.81. The van der Waals surface area contributed by atoms with Gasteiger partial charge in [0, 0.05) is 11.6 Å². The zero-order valence-electron chi connectivity index (χ0n) is 9.31. The quantitative estimate of drug-likeness (QED) is 0.463. The third-order valence-electron chi connectivity index (χ3n) is 2.24. The fourth-order valence-electron chi connectivity index (χ4n) is 1.45. The number of allylic oxidation sites excluding steroid dienone is 1. The van der Waals surface area contributed by atoms with Gasteiger partial charge in [0.2, 0.25) is 0 Å². The Balaban J connectivity index is 3.34. The molecule has 1 rings (SSSR count). The Bertz CT molecular complexity index is 503. The molecule has 0 amide bonds. The standard InChI is InChI=1S/C12H11ClN2O2/c1-2-5-9(8-14)12(13)10-6-3-4-7-11(10)15(16)17/h3-4,6-7H,2,5H2,1H3. The maximum Gasteiger partial charge on any atom is 0.278 e. The van der Waals surface area contributed by atoms with Gasteiger partial charge < -0.3 is 0 Å². The molecule has 0 bridgehead atoms. The molecule has 0 spiro atoms. The first kappa shape index (κ1) is 13.2. The molecule has 5 heteroatoms. The molecule has 0 aliphatic heterocycles. The van der Waals surface area contributed by atoms with Crippen molar-refractivity contribution in [2.75, 3.05) is 0 Å². The number of nitro benzene ring substituents is 1. The summed E-state index contributed by atoms with van der Waals surface area (Å²) in [6, 6.07) is 8.14. The Morgan fingerprint density at radius 2 is 2.18 bits per heavy atom. The lowest BCUT2D eigenvalue weighted by molar-refractivity contribution is -0.385. The Labute approximate surface area is 104 Å². The summed E-state index contributed by atoms with van der Waals surface area (Å²) in [5.74, 6) is 0. The van der Waals surface area contributed by atoms with E-state index >= 15 is 0 Å². The van der Waals surface area contributed by atoms with Crippen molar-refractivity contribution in [2.24, 2.45) is 0 Å². The summed E-state index contributed by atoms with van der Waals surface area (Å²) in [6.07, 6.45) is 1.28. The molecule has 0 radical (unpaired) electrons. The number of nitro groups is 1. The van der Waals surface area contributed by atoms with Gasteiger partial charge in [0.05, 0.1) is 21.6 Å². The van der Waals surface area contributed by atoms with E-state index in [1.54, 1.807) is 18.2 Å². The summed E-state index contributed by atoms with van der Waals surface area (Å²) in [5.41, 5.74) is 0.592. The largest absolute Gasteiger partial charge is 0.278 e. The average Bonchev–Trinajstić information content (AvgIpc) is 2.35. The number of para-hydroxylation sites is 1. The smallest absolute Gasteiger partial charge is 0.258 e. The maximum atomic E-state index is 10.8. The monoisotopic (exact) mass is 250 g/mol. The van der Waals surface area contributed by atoms with Crippen molar-refractivity contribution < 1.29 is 4.92 Å². The molecule has 0 N–H and O–H groups in total. The van der Waals surface area contributed by atoms with E-state index in [1.165, 1.54) is 6.07 Å². The van der Waals surface area contributed by atoms with Crippen molar-refractivity contribution in [3.05, 3.63) is 45.5 Å². The molecule has 1 aromatic rings. The van der Waals surface area contributed by atoms with Crippen LogP contribution >= 0.6 is 11.6 Å². The van der Waals surface area contributed by atoms with Crippen LogP contribution in [0.2, 0.25) is 0 Å². The summed E-state index contributed by atoms with van der Waals surface area (Å²) in [7, 11) is 0. The topological polar surface area (TPSA) is 66.9 Å². The SMILES string of the molecule is CCCC(C#N)=C(Cl)c1ccccc1[N+](=O)[O-]. The fraction of sp³-hybridized carbons (Fsp3) is 0.250. The van der Waals surface area contributed by atoms with Gasteiger partial charge in [0.15, 0.2) is 0 Å². The van der Waals surface area contributed by atoms with Gasteiger partial charge in [-0.2, -0.15) is 5.26 Å². The van der Waals surface area contributed by atoms with Gasteiger partial charge in [-0.1, -0.05) is 37.1 Å². The highest BCUT2D eigenvalue weighted by Crippen LogP contribution is 2.32. The van der Waals surface area contributed by atoms with Crippen molar-refractivity contribution in [3.8, 4) is 6.07 Å². The van der Waals surface area contributed by atoms with Crippen molar-refractivity contribution >= 4 is 22.3 Å². The normalized spacial score (nSPS) is 11.6. The lowest BCUT2D eigenvalue weighted by Crippen LogP contribution is -1.94. The summed E-state index contributed by atoms with van der Waals surface area (Å²) >= 11 is 6.05. The van der Waals surface area contributed by atoms with E-state index in [4.69, 9.17) is 16.9 Å². The van der Waals surface area contributed by atoms with E-state index < -0.39 is 4.92 Å². The van der Waals surface area contributed by atoms with Gasteiger partial charge in [-0.05, 0) is 12.5 Å². The second kappa shape index (κ2) is 6.02. The predicted octanol–water partition coefficient (Wildman–Crippen LogP) is 3.87. The first-order chi connectivity index (χ1) is 8.11. The van der Waals surface area contributed by atoms with Crippen LogP contribution in [0.5, 0.6) is 0 Å². The van der Waals surface area contributed by atoms with Crippen molar-refractivity contribution in [3.63, 3.8) is 0 Å². The van der Waals surface area contributed by atoms with Gasteiger partial charge in [-0.25, -0.2) is 0 Å². The van der Waals surface area contributed by atoms with Crippen LogP contribution in [-0.2, 0) is 0 Å². The Morgan fingerprint density at radius 3 is 2.71 bits per heavy atom. The molecule has 0 saturated heterocycles. The molecular formula is C12H11ClN2O2. The van der Waals surface area contributed by atoms with Gasteiger partial charge >= 0.3 is 0 Å². The lowest BCUT2D eigenvalue weighted by atomic mass is 10.1. The van der Waals surface area contributed by atoms with E-state index in [0.29, 0.717) is 17.6 Å². The van der Waals surface area contributed by atoms with Gasteiger partial charge in [-0.3, -0.25) is 10.1 Å². The number of nitrogens with zero attached hydrogens (tertiary/aromatic N) is 2. The summed E-state index contributed by atoms with van der Waals surface area (Å²) in [4.78, 5) is 10.3. The minimum absolute atomic E-state index is 0.0821. The minimum atomic E-state index is -0.501. The van der Waals surface area contributed by atoms with E-state index in [2.05, 4.69) is 0 Å². The molecule has 4 nitrogen and oxygen atoms in total. The van der Waals surface area contributed by atoms with Crippen LogP contribution < -0.4 is 0 Å². The van der Waals surface area contributed by atoms with Gasteiger partial charge in [0.25, 0.3) is 5.69 Å². The van der Waals surface area contributed by atoms with Crippen LogP contribution in [0.3, 0.4) is 0 Å². The van der Waals surface area contributed by atoms with Gasteiger partial charge in [0.1, 0.15) is 0 Å². The third-order valence-corrected chi connectivity index (χ3v) is 2.67. The predicted molar refractivity (Wildman–Crippen MR) is 66.4 cm³/mol. The molecule has 0 aliphatic carbocycles. The second-order valence-electron chi connectivity index (χ2n) is 3.43. The number of halogens is 1. The molecule has 17 heavy (non-hydrogen) atoms. The molecule has 0 saturated carbocycles. The van der Waals surface area contributed by atoms with Crippen LogP contribution in [0.1, 0.15) is 25.3 Å².